The number of hydrogen-bond acceptors (Lipinski definition) is 6. The molecule has 0 aliphatic carbocycles. The first kappa shape index (κ1) is 13.5. The summed E-state index contributed by atoms with van der Waals surface area (Å²) in [7, 11) is 0. The van der Waals surface area contributed by atoms with E-state index in [1.54, 1.807) is 24.0 Å². The van der Waals surface area contributed by atoms with Gasteiger partial charge in [0.2, 0.25) is 0 Å². The standard InChI is InChI=1S/C13H13N5O2S/c19-18(20)13-9(3-4-10-12(13)17-8-21-10)14-5-1-2-11-15-6-7-16-11/h3-4,6-8,14H,1-2,5H2,(H,15,16). The largest absolute Gasteiger partial charge is 0.379 e. The summed E-state index contributed by atoms with van der Waals surface area (Å²) in [6.45, 7) is 0.636. The smallest absolute Gasteiger partial charge is 0.319 e. The van der Waals surface area contributed by atoms with Crippen molar-refractivity contribution >= 4 is 32.9 Å². The number of hydrogen-bond donors (Lipinski definition) is 2. The molecular formula is C13H13N5O2S. The number of benzene rings is 1. The molecule has 0 amide bonds. The quantitative estimate of drug-likeness (QED) is 0.414. The number of aromatic amines is 1. The lowest BCUT2D eigenvalue weighted by Crippen LogP contribution is -2.06. The van der Waals surface area contributed by atoms with Crippen molar-refractivity contribution in [1.29, 1.82) is 0 Å². The average Bonchev–Trinajstić information content (AvgIpc) is 3.13. The number of thiazole rings is 1. The maximum absolute atomic E-state index is 11.3. The summed E-state index contributed by atoms with van der Waals surface area (Å²) < 4.78 is 0.822. The van der Waals surface area contributed by atoms with Crippen LogP contribution in [0.2, 0.25) is 0 Å². The summed E-state index contributed by atoms with van der Waals surface area (Å²) in [5.41, 5.74) is 2.63. The average molecular weight is 303 g/mol. The SMILES string of the molecule is O=[N+]([O-])c1c(NCCCc2ncc[nH]2)ccc2scnc12. The van der Waals surface area contributed by atoms with Crippen molar-refractivity contribution < 1.29 is 4.92 Å². The van der Waals surface area contributed by atoms with Gasteiger partial charge in [0.1, 0.15) is 11.5 Å². The van der Waals surface area contributed by atoms with E-state index in [9.17, 15) is 10.1 Å². The number of imidazole rings is 1. The molecule has 2 heterocycles. The number of nitrogens with one attached hydrogen (secondary N) is 2. The van der Waals surface area contributed by atoms with Crippen LogP contribution in [0, 0.1) is 10.1 Å². The van der Waals surface area contributed by atoms with Crippen molar-refractivity contribution in [3.63, 3.8) is 0 Å². The van der Waals surface area contributed by atoms with Crippen LogP contribution in [0.3, 0.4) is 0 Å². The monoisotopic (exact) mass is 303 g/mol. The molecule has 0 saturated carbocycles. The summed E-state index contributed by atoms with van der Waals surface area (Å²) in [5.74, 6) is 0.918. The Morgan fingerprint density at radius 3 is 3.05 bits per heavy atom. The Balaban J connectivity index is 1.71. The second-order valence-corrected chi connectivity index (χ2v) is 5.37. The lowest BCUT2D eigenvalue weighted by Gasteiger charge is -2.06. The Labute approximate surface area is 124 Å². The number of anilines is 1. The van der Waals surface area contributed by atoms with Gasteiger partial charge in [-0.15, -0.1) is 11.3 Å². The van der Waals surface area contributed by atoms with Crippen LogP contribution in [-0.2, 0) is 6.42 Å². The molecule has 2 N–H and O–H groups in total. The minimum absolute atomic E-state index is 0.0479. The normalized spacial score (nSPS) is 10.9. The number of H-pyrrole nitrogens is 1. The van der Waals surface area contributed by atoms with Gasteiger partial charge in [0.05, 0.1) is 15.1 Å². The maximum atomic E-state index is 11.3. The minimum atomic E-state index is -0.378. The third-order valence-corrected chi connectivity index (χ3v) is 3.91. The van der Waals surface area contributed by atoms with Crippen molar-refractivity contribution in [1.82, 2.24) is 15.0 Å². The Bertz CT molecular complexity index is 753. The van der Waals surface area contributed by atoms with E-state index in [0.717, 1.165) is 23.4 Å². The molecule has 7 nitrogen and oxygen atoms in total. The van der Waals surface area contributed by atoms with Gasteiger partial charge in [-0.3, -0.25) is 10.1 Å². The van der Waals surface area contributed by atoms with Gasteiger partial charge in [0.15, 0.2) is 5.52 Å². The molecule has 21 heavy (non-hydrogen) atoms. The molecule has 2 aromatic heterocycles. The van der Waals surface area contributed by atoms with Crippen molar-refractivity contribution in [2.24, 2.45) is 0 Å². The first-order valence-electron chi connectivity index (χ1n) is 6.48. The second-order valence-electron chi connectivity index (χ2n) is 4.48. The fourth-order valence-corrected chi connectivity index (χ4v) is 2.84. The Kier molecular flexibility index (Phi) is 3.78. The number of aryl methyl sites for hydroxylation is 1. The molecule has 108 valence electrons. The molecule has 3 rings (SSSR count). The Hall–Kier alpha value is -2.48. The number of nitrogens with zero attached hydrogens (tertiary/aromatic N) is 3. The van der Waals surface area contributed by atoms with Crippen LogP contribution in [0.4, 0.5) is 11.4 Å². The van der Waals surface area contributed by atoms with E-state index in [1.807, 2.05) is 6.07 Å². The van der Waals surface area contributed by atoms with Crippen molar-refractivity contribution in [3.8, 4) is 0 Å². The third kappa shape index (κ3) is 2.84. The molecule has 0 aliphatic rings. The summed E-state index contributed by atoms with van der Waals surface area (Å²) >= 11 is 1.40. The van der Waals surface area contributed by atoms with Crippen LogP contribution in [0.5, 0.6) is 0 Å². The van der Waals surface area contributed by atoms with Gasteiger partial charge >= 0.3 is 5.69 Å². The predicted molar refractivity (Wildman–Crippen MR) is 81.7 cm³/mol. The van der Waals surface area contributed by atoms with Crippen molar-refractivity contribution in [2.45, 2.75) is 12.8 Å². The van der Waals surface area contributed by atoms with E-state index < -0.39 is 0 Å². The molecule has 0 saturated heterocycles. The van der Waals surface area contributed by atoms with Crippen LogP contribution < -0.4 is 5.32 Å². The first-order valence-corrected chi connectivity index (χ1v) is 7.36. The van der Waals surface area contributed by atoms with Crippen LogP contribution in [0.1, 0.15) is 12.2 Å². The Morgan fingerprint density at radius 1 is 1.38 bits per heavy atom. The molecule has 8 heteroatoms. The number of rotatable bonds is 6. The summed E-state index contributed by atoms with van der Waals surface area (Å²) in [6, 6.07) is 3.60. The molecular weight excluding hydrogens is 290 g/mol. The zero-order chi connectivity index (χ0) is 14.7. The summed E-state index contributed by atoms with van der Waals surface area (Å²) in [5, 5.41) is 14.4. The van der Waals surface area contributed by atoms with Crippen LogP contribution in [-0.4, -0.2) is 26.4 Å². The molecule has 3 aromatic rings. The maximum Gasteiger partial charge on any atom is 0.319 e. The van der Waals surface area contributed by atoms with Gasteiger partial charge in [-0.05, 0) is 18.6 Å². The zero-order valence-electron chi connectivity index (χ0n) is 11.1. The molecule has 0 bridgehead atoms. The van der Waals surface area contributed by atoms with E-state index in [-0.39, 0.29) is 10.6 Å². The van der Waals surface area contributed by atoms with E-state index in [0.29, 0.717) is 17.7 Å². The van der Waals surface area contributed by atoms with Gasteiger partial charge in [-0.25, -0.2) is 9.97 Å². The van der Waals surface area contributed by atoms with Crippen LogP contribution in [0.25, 0.3) is 10.2 Å². The second kappa shape index (κ2) is 5.88. The fourth-order valence-electron chi connectivity index (χ4n) is 2.16. The number of nitro benzene ring substituents is 1. The highest BCUT2D eigenvalue weighted by Crippen LogP contribution is 2.34. The molecule has 0 aliphatic heterocycles. The molecule has 1 aromatic carbocycles. The highest BCUT2D eigenvalue weighted by atomic mass is 32.1. The van der Waals surface area contributed by atoms with Gasteiger partial charge in [0.25, 0.3) is 0 Å². The number of nitro groups is 1. The molecule has 0 spiro atoms. The van der Waals surface area contributed by atoms with Gasteiger partial charge in [0, 0.05) is 25.4 Å². The zero-order valence-corrected chi connectivity index (χ0v) is 11.9. The molecule has 0 fully saturated rings. The number of aromatic nitrogens is 3. The summed E-state index contributed by atoms with van der Waals surface area (Å²) in [4.78, 5) is 22.2. The van der Waals surface area contributed by atoms with Gasteiger partial charge in [-0.2, -0.15) is 0 Å². The molecule has 0 unspecified atom stereocenters. The topological polar surface area (TPSA) is 96.7 Å². The van der Waals surface area contributed by atoms with Crippen molar-refractivity contribution in [2.75, 3.05) is 11.9 Å². The lowest BCUT2D eigenvalue weighted by molar-refractivity contribution is -0.382. The van der Waals surface area contributed by atoms with Crippen LogP contribution >= 0.6 is 11.3 Å². The van der Waals surface area contributed by atoms with Crippen molar-refractivity contribution in [3.05, 3.63) is 46.0 Å². The molecule has 0 atom stereocenters. The highest BCUT2D eigenvalue weighted by molar-refractivity contribution is 7.16. The van der Waals surface area contributed by atoms with Gasteiger partial charge in [-0.1, -0.05) is 0 Å². The fraction of sp³-hybridized carbons (Fsp3) is 0.231. The third-order valence-electron chi connectivity index (χ3n) is 3.12. The van der Waals surface area contributed by atoms with Gasteiger partial charge < -0.3 is 10.3 Å². The van der Waals surface area contributed by atoms with E-state index in [2.05, 4.69) is 20.3 Å². The molecule has 0 radical (unpaired) electrons. The lowest BCUT2D eigenvalue weighted by atomic mass is 10.2. The van der Waals surface area contributed by atoms with Crippen LogP contribution in [0.15, 0.2) is 30.0 Å². The minimum Gasteiger partial charge on any atom is -0.379 e. The van der Waals surface area contributed by atoms with E-state index >= 15 is 0 Å². The Morgan fingerprint density at radius 2 is 2.29 bits per heavy atom. The van der Waals surface area contributed by atoms with E-state index in [1.165, 1.54) is 11.3 Å². The summed E-state index contributed by atoms with van der Waals surface area (Å²) in [6.07, 6.45) is 5.13. The number of fused-ring (bicyclic) bond motifs is 1. The predicted octanol–water partition coefficient (Wildman–Crippen LogP) is 2.97. The van der Waals surface area contributed by atoms with E-state index in [4.69, 9.17) is 0 Å². The first-order chi connectivity index (χ1) is 10.3. The highest BCUT2D eigenvalue weighted by Gasteiger charge is 2.20.